The summed E-state index contributed by atoms with van der Waals surface area (Å²) in [5.74, 6) is -0.156. The molecule has 4 aromatic carbocycles. The monoisotopic (exact) mass is 466 g/mol. The van der Waals surface area contributed by atoms with Crippen LogP contribution in [0.5, 0.6) is 0 Å². The van der Waals surface area contributed by atoms with E-state index in [1.54, 1.807) is 6.07 Å². The van der Waals surface area contributed by atoms with E-state index in [2.05, 4.69) is 82.8 Å². The number of rotatable bonds is 1. The average molecular weight is 467 g/mol. The van der Waals surface area contributed by atoms with Crippen LogP contribution in [-0.2, 0) is 13.5 Å². The fraction of sp³-hybridized carbons (Fsp3) is 0.258. The molecule has 170 valence electrons. The molecule has 0 atom stereocenters. The van der Waals surface area contributed by atoms with Crippen LogP contribution in [0.15, 0.2) is 64.5 Å². The van der Waals surface area contributed by atoms with E-state index in [9.17, 15) is 4.39 Å². The largest absolute Gasteiger partial charge is 0.222 e. The van der Waals surface area contributed by atoms with E-state index in [0.29, 0.717) is 5.39 Å². The zero-order valence-corrected chi connectivity index (χ0v) is 21.5. The lowest BCUT2D eigenvalue weighted by Crippen LogP contribution is -2.32. The van der Waals surface area contributed by atoms with Crippen LogP contribution >= 0.6 is 11.8 Å². The fourth-order valence-corrected chi connectivity index (χ4v) is 7.01. The van der Waals surface area contributed by atoms with Gasteiger partial charge in [0.2, 0.25) is 5.69 Å². The maximum atomic E-state index is 14.9. The van der Waals surface area contributed by atoms with Gasteiger partial charge in [-0.2, -0.15) is 0 Å². The molecular weight excluding hydrogens is 437 g/mol. The highest BCUT2D eigenvalue weighted by Crippen LogP contribution is 2.53. The Morgan fingerprint density at radius 1 is 0.882 bits per heavy atom. The van der Waals surface area contributed by atoms with Gasteiger partial charge >= 0.3 is 0 Å². The van der Waals surface area contributed by atoms with Crippen molar-refractivity contribution in [2.24, 2.45) is 12.5 Å². The minimum atomic E-state index is -0.156. The van der Waals surface area contributed by atoms with Crippen LogP contribution in [0.3, 0.4) is 0 Å². The van der Waals surface area contributed by atoms with Crippen molar-refractivity contribution in [1.82, 2.24) is 0 Å². The number of hydrogen-bond acceptors (Lipinski definition) is 1. The number of hydrogen-bond donors (Lipinski definition) is 0. The highest BCUT2D eigenvalue weighted by atomic mass is 32.2. The topological polar surface area (TPSA) is 3.88 Å². The Kier molecular flexibility index (Phi) is 4.64. The van der Waals surface area contributed by atoms with E-state index in [4.69, 9.17) is 0 Å². The molecule has 3 heteroatoms. The summed E-state index contributed by atoms with van der Waals surface area (Å²) in [6.45, 7) is 11.4. The summed E-state index contributed by atoms with van der Waals surface area (Å²) >= 11 is 1.83. The molecule has 0 spiro atoms. The molecule has 0 amide bonds. The van der Waals surface area contributed by atoms with Gasteiger partial charge in [-0.25, -0.2) is 8.96 Å². The van der Waals surface area contributed by atoms with Gasteiger partial charge in [0.25, 0.3) is 0 Å². The minimum absolute atomic E-state index is 0.144. The van der Waals surface area contributed by atoms with E-state index < -0.39 is 0 Å². The number of halogens is 1. The van der Waals surface area contributed by atoms with E-state index in [0.717, 1.165) is 22.1 Å². The Labute approximate surface area is 204 Å². The molecule has 0 unspecified atom stereocenters. The summed E-state index contributed by atoms with van der Waals surface area (Å²) < 4.78 is 17.2. The molecule has 6 rings (SSSR count). The van der Waals surface area contributed by atoms with Crippen LogP contribution in [0.4, 0.5) is 4.39 Å². The third kappa shape index (κ3) is 3.10. The molecule has 0 saturated heterocycles. The lowest BCUT2D eigenvalue weighted by atomic mass is 9.82. The molecule has 0 fully saturated rings. The average Bonchev–Trinajstić information content (AvgIpc) is 2.78. The molecule has 5 aromatic rings. The summed E-state index contributed by atoms with van der Waals surface area (Å²) in [6.07, 6.45) is 3.12. The van der Waals surface area contributed by atoms with Crippen molar-refractivity contribution in [3.8, 4) is 11.3 Å². The second kappa shape index (κ2) is 7.29. The second-order valence-corrected chi connectivity index (χ2v) is 12.0. The van der Waals surface area contributed by atoms with Gasteiger partial charge in [0.1, 0.15) is 12.9 Å². The molecule has 0 saturated carbocycles. The third-order valence-electron chi connectivity index (χ3n) is 7.12. The number of nitrogens with zero attached hydrogens (tertiary/aromatic N) is 1. The van der Waals surface area contributed by atoms with Crippen LogP contribution < -0.4 is 4.57 Å². The van der Waals surface area contributed by atoms with Gasteiger partial charge in [-0.05, 0) is 65.1 Å². The van der Waals surface area contributed by atoms with Gasteiger partial charge in [0, 0.05) is 26.6 Å². The Bertz CT molecular complexity index is 1670. The van der Waals surface area contributed by atoms with Crippen molar-refractivity contribution in [2.75, 3.05) is 0 Å². The minimum Gasteiger partial charge on any atom is -0.206 e. The third-order valence-corrected chi connectivity index (χ3v) is 8.32. The quantitative estimate of drug-likeness (QED) is 0.174. The van der Waals surface area contributed by atoms with Crippen molar-refractivity contribution in [3.63, 3.8) is 0 Å². The van der Waals surface area contributed by atoms with Crippen LogP contribution in [0.2, 0.25) is 0 Å². The summed E-state index contributed by atoms with van der Waals surface area (Å²) in [5, 5.41) is 6.72. The van der Waals surface area contributed by atoms with Crippen molar-refractivity contribution in [2.45, 2.75) is 50.8 Å². The van der Waals surface area contributed by atoms with E-state index >= 15 is 0 Å². The Morgan fingerprint density at radius 3 is 2.44 bits per heavy atom. The zero-order chi connectivity index (χ0) is 23.9. The van der Waals surface area contributed by atoms with Gasteiger partial charge in [0.05, 0.1) is 10.9 Å². The lowest BCUT2D eigenvalue weighted by molar-refractivity contribution is -0.659. The van der Waals surface area contributed by atoms with Gasteiger partial charge in [-0.1, -0.05) is 68.4 Å². The number of aromatic nitrogens is 1. The van der Waals surface area contributed by atoms with Gasteiger partial charge in [-0.3, -0.25) is 0 Å². The lowest BCUT2D eigenvalue weighted by Gasteiger charge is -2.28. The first-order valence-electron chi connectivity index (χ1n) is 11.9. The molecule has 0 bridgehead atoms. The fourth-order valence-electron chi connectivity index (χ4n) is 5.65. The molecular formula is C31H29FNS+. The smallest absolute Gasteiger partial charge is 0.206 e. The van der Waals surface area contributed by atoms with Crippen LogP contribution in [0.1, 0.15) is 37.5 Å². The SMILES string of the molecule is Cc1ccc2c(CC(C)(C)C)c3c(c(C)c2c1)-c1c2c(cc4c(F)cccc4c2cc[n+]1C)S3. The van der Waals surface area contributed by atoms with E-state index in [1.807, 2.05) is 23.9 Å². The Hall–Kier alpha value is -2.91. The molecule has 34 heavy (non-hydrogen) atoms. The van der Waals surface area contributed by atoms with Crippen molar-refractivity contribution >= 4 is 44.1 Å². The van der Waals surface area contributed by atoms with Gasteiger partial charge in [0.15, 0.2) is 6.20 Å². The Morgan fingerprint density at radius 2 is 1.68 bits per heavy atom. The first kappa shape index (κ1) is 21.6. The first-order valence-corrected chi connectivity index (χ1v) is 12.7. The molecule has 2 heterocycles. The van der Waals surface area contributed by atoms with Crippen LogP contribution in [-0.4, -0.2) is 0 Å². The number of aryl methyl sites for hydroxylation is 3. The van der Waals surface area contributed by atoms with Crippen LogP contribution in [0.25, 0.3) is 43.6 Å². The molecule has 1 aliphatic heterocycles. The van der Waals surface area contributed by atoms with Gasteiger partial charge in [-0.15, -0.1) is 0 Å². The predicted octanol–water partition coefficient (Wildman–Crippen LogP) is 8.45. The normalized spacial score (nSPS) is 13.1. The molecule has 1 nitrogen and oxygen atoms in total. The number of fused-ring (bicyclic) bond motifs is 5. The second-order valence-electron chi connectivity index (χ2n) is 11.0. The zero-order valence-electron chi connectivity index (χ0n) is 20.6. The molecule has 1 aliphatic rings. The maximum absolute atomic E-state index is 14.9. The molecule has 0 radical (unpaired) electrons. The van der Waals surface area contributed by atoms with E-state index in [-0.39, 0.29) is 11.2 Å². The molecule has 0 aliphatic carbocycles. The highest BCUT2D eigenvalue weighted by molar-refractivity contribution is 8.00. The summed E-state index contributed by atoms with van der Waals surface area (Å²) in [7, 11) is 2.14. The Balaban J connectivity index is 1.83. The number of benzene rings is 4. The summed E-state index contributed by atoms with van der Waals surface area (Å²) in [6, 6.07) is 16.5. The van der Waals surface area contributed by atoms with Crippen molar-refractivity contribution in [1.29, 1.82) is 0 Å². The van der Waals surface area contributed by atoms with Crippen LogP contribution in [0, 0.1) is 25.1 Å². The predicted molar refractivity (Wildman–Crippen MR) is 142 cm³/mol. The van der Waals surface area contributed by atoms with E-state index in [1.165, 1.54) is 49.0 Å². The van der Waals surface area contributed by atoms with Crippen molar-refractivity contribution < 1.29 is 8.96 Å². The molecule has 1 aromatic heterocycles. The highest BCUT2D eigenvalue weighted by Gasteiger charge is 2.33. The first-order chi connectivity index (χ1) is 16.1. The summed E-state index contributed by atoms with van der Waals surface area (Å²) in [5.41, 5.74) is 6.73. The van der Waals surface area contributed by atoms with Gasteiger partial charge < -0.3 is 0 Å². The maximum Gasteiger partial charge on any atom is 0.222 e. The number of pyridine rings is 1. The summed E-state index contributed by atoms with van der Waals surface area (Å²) in [4.78, 5) is 2.47. The molecule has 0 N–H and O–H groups in total. The standard InChI is InChI=1S/C31H29FNS/c1-17-10-11-20-22(14-17)18(2)27-29-28-21(12-13-33(29)6)19-8-7-9-25(32)23(19)15-26(28)34-30(27)24(20)16-31(3,4)5/h7-15H,16H2,1-6H3/q+1. The van der Waals surface area contributed by atoms with Crippen molar-refractivity contribution in [3.05, 3.63) is 77.2 Å².